The Morgan fingerprint density at radius 2 is 1.58 bits per heavy atom. The number of para-hydroxylation sites is 1. The zero-order valence-corrected chi connectivity index (χ0v) is 28.5. The Morgan fingerprint density at radius 1 is 0.854 bits per heavy atom. The van der Waals surface area contributed by atoms with Gasteiger partial charge in [-0.05, 0) is 68.4 Å². The molecule has 0 aromatic heterocycles. The first-order valence-electron chi connectivity index (χ1n) is 16.2. The fourth-order valence-electron chi connectivity index (χ4n) is 5.44. The third-order valence-corrected chi connectivity index (χ3v) is 8.18. The number of carbonyl (C=O) groups is 3. The quantitative estimate of drug-likeness (QED) is 0.152. The summed E-state index contributed by atoms with van der Waals surface area (Å²) in [5.74, 6) is 1.09. The number of hydrogen-bond acceptors (Lipinski definition) is 10. The van der Waals surface area contributed by atoms with Crippen molar-refractivity contribution >= 4 is 29.2 Å². The number of urea groups is 1. The molecule has 1 unspecified atom stereocenters. The van der Waals surface area contributed by atoms with Gasteiger partial charge in [-0.2, -0.15) is 0 Å². The molecule has 1 fully saturated rings. The van der Waals surface area contributed by atoms with Crippen LogP contribution in [0.15, 0.2) is 60.7 Å². The standard InChI is InChI=1S/C36H47N5O7/c1-6-47-35(43)27-12-14-32(34(23-27)46-5)48-20-15-37-24-30(41-18-16-40(3)17-19-41)31(42)21-26-11-13-29(33(22-26)45-4)39-36(44)38-28-10-8-7-9-25(28)2/h7-14,22-23,30,37H,6,15-21,24H2,1-5H3,(H2,38,39,44). The average molecular weight is 662 g/mol. The molecule has 3 aromatic rings. The van der Waals surface area contributed by atoms with Crippen LogP contribution >= 0.6 is 0 Å². The number of amides is 2. The molecular formula is C36H47N5O7. The third kappa shape index (κ3) is 10.2. The minimum Gasteiger partial charge on any atom is -0.495 e. The number of piperazine rings is 1. The molecule has 48 heavy (non-hydrogen) atoms. The number of likely N-dealkylation sites (N-methyl/N-ethyl adjacent to an activating group) is 1. The molecule has 258 valence electrons. The molecule has 0 spiro atoms. The van der Waals surface area contributed by atoms with Crippen LogP contribution in [0.4, 0.5) is 16.2 Å². The van der Waals surface area contributed by atoms with E-state index in [4.69, 9.17) is 18.9 Å². The molecule has 0 saturated carbocycles. The number of nitrogens with zero attached hydrogens (tertiary/aromatic N) is 2. The predicted octanol–water partition coefficient (Wildman–Crippen LogP) is 4.23. The van der Waals surface area contributed by atoms with Crippen LogP contribution in [0.5, 0.6) is 17.2 Å². The van der Waals surface area contributed by atoms with Gasteiger partial charge in [0.05, 0.1) is 38.1 Å². The van der Waals surface area contributed by atoms with Crippen molar-refractivity contribution in [1.29, 1.82) is 0 Å². The van der Waals surface area contributed by atoms with Gasteiger partial charge in [-0.15, -0.1) is 0 Å². The Hall–Kier alpha value is -4.65. The van der Waals surface area contributed by atoms with Crippen LogP contribution in [0, 0.1) is 6.92 Å². The summed E-state index contributed by atoms with van der Waals surface area (Å²) < 4.78 is 22.0. The molecule has 0 bridgehead atoms. The molecule has 12 nitrogen and oxygen atoms in total. The molecule has 3 N–H and O–H groups in total. The van der Waals surface area contributed by atoms with E-state index in [1.807, 2.05) is 37.3 Å². The van der Waals surface area contributed by atoms with Crippen molar-refractivity contribution in [2.75, 3.05) is 84.4 Å². The number of methoxy groups -OCH3 is 2. The highest BCUT2D eigenvalue weighted by Gasteiger charge is 2.28. The molecule has 0 radical (unpaired) electrons. The highest BCUT2D eigenvalue weighted by Crippen LogP contribution is 2.29. The topological polar surface area (TPSA) is 131 Å². The lowest BCUT2D eigenvalue weighted by Crippen LogP contribution is -2.55. The average Bonchev–Trinajstić information content (AvgIpc) is 3.08. The largest absolute Gasteiger partial charge is 0.495 e. The van der Waals surface area contributed by atoms with Crippen molar-refractivity contribution in [2.24, 2.45) is 0 Å². The number of anilines is 2. The Kier molecular flexibility index (Phi) is 13.6. The monoisotopic (exact) mass is 661 g/mol. The summed E-state index contributed by atoms with van der Waals surface area (Å²) >= 11 is 0. The maximum absolute atomic E-state index is 13.8. The second-order valence-electron chi connectivity index (χ2n) is 11.6. The molecule has 3 aromatic carbocycles. The fourth-order valence-corrected chi connectivity index (χ4v) is 5.44. The summed E-state index contributed by atoms with van der Waals surface area (Å²) in [6, 6.07) is 17.1. The van der Waals surface area contributed by atoms with Crippen LogP contribution < -0.4 is 30.2 Å². The van der Waals surface area contributed by atoms with Crippen molar-refractivity contribution < 1.29 is 33.3 Å². The van der Waals surface area contributed by atoms with Crippen molar-refractivity contribution in [1.82, 2.24) is 15.1 Å². The molecule has 4 rings (SSSR count). The maximum Gasteiger partial charge on any atom is 0.338 e. The molecule has 1 aliphatic heterocycles. The van der Waals surface area contributed by atoms with Gasteiger partial charge >= 0.3 is 12.0 Å². The van der Waals surface area contributed by atoms with Crippen LogP contribution in [0.25, 0.3) is 0 Å². The van der Waals surface area contributed by atoms with Crippen LogP contribution in [0.3, 0.4) is 0 Å². The molecule has 1 aliphatic rings. The van der Waals surface area contributed by atoms with E-state index in [9.17, 15) is 14.4 Å². The van der Waals surface area contributed by atoms with E-state index in [-0.39, 0.29) is 30.9 Å². The highest BCUT2D eigenvalue weighted by atomic mass is 16.5. The third-order valence-electron chi connectivity index (χ3n) is 8.18. The number of rotatable bonds is 16. The van der Waals surface area contributed by atoms with Gasteiger partial charge in [0, 0.05) is 51.4 Å². The molecule has 2 amide bonds. The minimum absolute atomic E-state index is 0.0873. The predicted molar refractivity (Wildman–Crippen MR) is 186 cm³/mol. The minimum atomic E-state index is -0.420. The van der Waals surface area contributed by atoms with Gasteiger partial charge in [0.25, 0.3) is 0 Å². The van der Waals surface area contributed by atoms with Crippen LogP contribution in [-0.4, -0.2) is 107 Å². The van der Waals surface area contributed by atoms with Crippen LogP contribution in [0.1, 0.15) is 28.4 Å². The number of ketones is 1. The molecule has 0 aliphatic carbocycles. The first-order chi connectivity index (χ1) is 23.2. The van der Waals surface area contributed by atoms with Gasteiger partial charge < -0.3 is 39.8 Å². The van der Waals surface area contributed by atoms with E-state index in [0.29, 0.717) is 48.2 Å². The first-order valence-corrected chi connectivity index (χ1v) is 16.2. The molecule has 1 heterocycles. The number of ether oxygens (including phenoxy) is 4. The van der Waals surface area contributed by atoms with E-state index in [1.54, 1.807) is 37.3 Å². The van der Waals surface area contributed by atoms with E-state index in [2.05, 4.69) is 32.8 Å². The molecular weight excluding hydrogens is 614 g/mol. The number of aryl methyl sites for hydroxylation is 1. The fraction of sp³-hybridized carbons (Fsp3) is 0.417. The van der Waals surface area contributed by atoms with Crippen LogP contribution in [0.2, 0.25) is 0 Å². The van der Waals surface area contributed by atoms with Gasteiger partial charge in [-0.3, -0.25) is 9.69 Å². The van der Waals surface area contributed by atoms with Crippen molar-refractivity contribution in [3.8, 4) is 17.2 Å². The second-order valence-corrected chi connectivity index (χ2v) is 11.6. The van der Waals surface area contributed by atoms with Gasteiger partial charge in [-0.25, -0.2) is 9.59 Å². The second kappa shape index (κ2) is 18.0. The number of Topliss-reactive ketones (excluding diaryl/α,β-unsaturated/α-hetero) is 1. The SMILES string of the molecule is CCOC(=O)c1ccc(OCCNCC(C(=O)Cc2ccc(NC(=O)Nc3ccccc3C)c(OC)c2)N2CCN(C)CC2)c(OC)c1. The Morgan fingerprint density at radius 3 is 2.29 bits per heavy atom. The van der Waals surface area contributed by atoms with Gasteiger partial charge in [0.1, 0.15) is 12.4 Å². The number of esters is 1. The summed E-state index contributed by atoms with van der Waals surface area (Å²) in [7, 11) is 5.14. The number of nitrogens with one attached hydrogen (secondary N) is 3. The lowest BCUT2D eigenvalue weighted by atomic mass is 10.0. The Balaban J connectivity index is 1.35. The lowest BCUT2D eigenvalue weighted by molar-refractivity contribution is -0.124. The number of carbonyl (C=O) groups excluding carboxylic acids is 3. The molecule has 12 heteroatoms. The van der Waals surface area contributed by atoms with Gasteiger partial charge in [0.2, 0.25) is 0 Å². The molecule has 1 saturated heterocycles. The number of hydrogen-bond donors (Lipinski definition) is 3. The summed E-state index contributed by atoms with van der Waals surface area (Å²) in [4.78, 5) is 43.0. The highest BCUT2D eigenvalue weighted by molar-refractivity contribution is 6.01. The lowest BCUT2D eigenvalue weighted by Gasteiger charge is -2.37. The normalized spacial score (nSPS) is 14.1. The summed E-state index contributed by atoms with van der Waals surface area (Å²) in [6.07, 6.45) is 0.214. The zero-order chi connectivity index (χ0) is 34.5. The van der Waals surface area contributed by atoms with Crippen molar-refractivity contribution in [2.45, 2.75) is 26.3 Å². The van der Waals surface area contributed by atoms with Crippen molar-refractivity contribution in [3.05, 3.63) is 77.4 Å². The van der Waals surface area contributed by atoms with Gasteiger partial charge in [-0.1, -0.05) is 24.3 Å². The Labute approximate surface area is 282 Å². The summed E-state index contributed by atoms with van der Waals surface area (Å²) in [6.45, 7) is 8.60. The zero-order valence-electron chi connectivity index (χ0n) is 28.5. The van der Waals surface area contributed by atoms with E-state index in [1.165, 1.54) is 14.2 Å². The smallest absolute Gasteiger partial charge is 0.338 e. The maximum atomic E-state index is 13.8. The van der Waals surface area contributed by atoms with Crippen molar-refractivity contribution in [3.63, 3.8) is 0 Å². The Bertz CT molecular complexity index is 1540. The van der Waals surface area contributed by atoms with Crippen LogP contribution in [-0.2, 0) is 16.0 Å². The summed E-state index contributed by atoms with van der Waals surface area (Å²) in [5.41, 5.74) is 3.36. The summed E-state index contributed by atoms with van der Waals surface area (Å²) in [5, 5.41) is 9.10. The van der Waals surface area contributed by atoms with E-state index >= 15 is 0 Å². The van der Waals surface area contributed by atoms with Gasteiger partial charge in [0.15, 0.2) is 17.3 Å². The number of benzene rings is 3. The van der Waals surface area contributed by atoms with E-state index in [0.717, 1.165) is 43.0 Å². The van der Waals surface area contributed by atoms with E-state index < -0.39 is 5.97 Å². The molecule has 1 atom stereocenters. The first kappa shape index (κ1) is 36.2.